The molecule has 0 aromatic heterocycles. The van der Waals surface area contributed by atoms with Crippen LogP contribution in [0.4, 0.5) is 0 Å². The summed E-state index contributed by atoms with van der Waals surface area (Å²) in [6.45, 7) is 0.463. The average molecular weight is 603 g/mol. The minimum Gasteiger partial charge on any atom is -0.504 e. The van der Waals surface area contributed by atoms with Crippen LogP contribution in [0.15, 0.2) is 24.3 Å². The van der Waals surface area contributed by atoms with E-state index in [4.69, 9.17) is 9.47 Å². The Morgan fingerprint density at radius 1 is 0.628 bits per heavy atom. The maximum atomic E-state index is 11.9. The lowest BCUT2D eigenvalue weighted by Gasteiger charge is -2.05. The van der Waals surface area contributed by atoms with Crippen molar-refractivity contribution in [2.45, 2.75) is 154 Å². The average Bonchev–Trinajstić information content (AvgIpc) is 3.02. The molecule has 6 heteroatoms. The summed E-state index contributed by atoms with van der Waals surface area (Å²) in [7, 11) is 2.96. The first-order valence-electron chi connectivity index (χ1n) is 17.4. The highest BCUT2D eigenvalue weighted by molar-refractivity contribution is 5.87. The number of carbonyl (C=O) groups is 2. The molecule has 1 N–H and O–H groups in total. The third-order valence-electron chi connectivity index (χ3n) is 8.11. The van der Waals surface area contributed by atoms with Crippen LogP contribution in [0.1, 0.15) is 160 Å². The number of methoxy groups -OCH3 is 2. The lowest BCUT2D eigenvalue weighted by molar-refractivity contribution is -0.141. The van der Waals surface area contributed by atoms with Gasteiger partial charge in [-0.3, -0.25) is 4.79 Å². The first-order chi connectivity index (χ1) is 21.1. The lowest BCUT2D eigenvalue weighted by atomic mass is 10.0. The van der Waals surface area contributed by atoms with Gasteiger partial charge in [-0.25, -0.2) is 4.79 Å². The Morgan fingerprint density at radius 2 is 1.05 bits per heavy atom. The van der Waals surface area contributed by atoms with Crippen molar-refractivity contribution < 1.29 is 28.9 Å². The second-order valence-corrected chi connectivity index (χ2v) is 11.9. The van der Waals surface area contributed by atoms with E-state index >= 15 is 0 Å². The van der Waals surface area contributed by atoms with Gasteiger partial charge in [-0.15, -0.1) is 0 Å². The fourth-order valence-electron chi connectivity index (χ4n) is 5.37. The van der Waals surface area contributed by atoms with Gasteiger partial charge in [0.25, 0.3) is 0 Å². The van der Waals surface area contributed by atoms with E-state index in [1.54, 1.807) is 24.3 Å². The van der Waals surface area contributed by atoms with Crippen LogP contribution in [0.5, 0.6) is 11.5 Å². The molecule has 0 aliphatic rings. The van der Waals surface area contributed by atoms with E-state index in [0.29, 0.717) is 18.8 Å². The van der Waals surface area contributed by atoms with Crippen molar-refractivity contribution in [1.29, 1.82) is 0 Å². The molecule has 1 aromatic rings. The van der Waals surface area contributed by atoms with Gasteiger partial charge in [0.2, 0.25) is 0 Å². The number of hydrogen-bond acceptors (Lipinski definition) is 6. The van der Waals surface area contributed by atoms with E-state index in [1.807, 2.05) is 0 Å². The van der Waals surface area contributed by atoms with Crippen LogP contribution in [0, 0.1) is 0 Å². The normalized spacial score (nSPS) is 11.2. The quantitative estimate of drug-likeness (QED) is 0.0558. The van der Waals surface area contributed by atoms with Gasteiger partial charge in [-0.1, -0.05) is 141 Å². The van der Waals surface area contributed by atoms with E-state index < -0.39 is 0 Å². The number of phenols is 1. The fraction of sp³-hybridized carbons (Fsp3) is 0.730. The smallest absolute Gasteiger partial charge is 0.330 e. The second-order valence-electron chi connectivity index (χ2n) is 11.9. The molecule has 0 heterocycles. The van der Waals surface area contributed by atoms with Gasteiger partial charge in [0, 0.05) is 12.5 Å². The number of ether oxygens (including phenoxy) is 3. The van der Waals surface area contributed by atoms with Crippen molar-refractivity contribution in [1.82, 2.24) is 0 Å². The van der Waals surface area contributed by atoms with Crippen molar-refractivity contribution >= 4 is 18.0 Å². The molecule has 6 nitrogen and oxygen atoms in total. The van der Waals surface area contributed by atoms with E-state index in [1.165, 1.54) is 142 Å². The first kappa shape index (κ1) is 38.5. The Hall–Kier alpha value is -2.50. The molecule has 0 aliphatic carbocycles. The summed E-state index contributed by atoms with van der Waals surface area (Å²) in [4.78, 5) is 23.0. The lowest BCUT2D eigenvalue weighted by Crippen LogP contribution is -2.02. The Bertz CT molecular complexity index is 850. The number of hydrogen-bond donors (Lipinski definition) is 1. The van der Waals surface area contributed by atoms with Crippen molar-refractivity contribution in [3.63, 3.8) is 0 Å². The number of esters is 2. The van der Waals surface area contributed by atoms with Crippen LogP contribution in [0.2, 0.25) is 0 Å². The molecule has 0 spiro atoms. The minimum absolute atomic E-state index is 0.0753. The summed E-state index contributed by atoms with van der Waals surface area (Å²) >= 11 is 0. The maximum Gasteiger partial charge on any atom is 0.330 e. The molecular weight excluding hydrogens is 540 g/mol. The van der Waals surface area contributed by atoms with Gasteiger partial charge in [-0.2, -0.15) is 0 Å². The van der Waals surface area contributed by atoms with Gasteiger partial charge >= 0.3 is 11.9 Å². The number of carbonyl (C=O) groups excluding carboxylic acids is 2. The van der Waals surface area contributed by atoms with Crippen molar-refractivity contribution in [3.05, 3.63) is 29.8 Å². The van der Waals surface area contributed by atoms with Crippen molar-refractivity contribution in [2.24, 2.45) is 0 Å². The summed E-state index contributed by atoms with van der Waals surface area (Å²) < 4.78 is 15.0. The van der Waals surface area contributed by atoms with Crippen LogP contribution >= 0.6 is 0 Å². The molecular formula is C37H62O6. The minimum atomic E-state index is -0.341. The second kappa shape index (κ2) is 28.3. The first-order valence-corrected chi connectivity index (χ1v) is 17.4. The van der Waals surface area contributed by atoms with Crippen LogP contribution in [-0.4, -0.2) is 37.9 Å². The predicted molar refractivity (Wildman–Crippen MR) is 177 cm³/mol. The highest BCUT2D eigenvalue weighted by Gasteiger charge is 2.03. The molecule has 43 heavy (non-hydrogen) atoms. The molecule has 0 aliphatic heterocycles. The largest absolute Gasteiger partial charge is 0.504 e. The topological polar surface area (TPSA) is 82.1 Å². The summed E-state index contributed by atoms with van der Waals surface area (Å²) in [5.74, 6) is 0.0365. The number of aromatic hydroxyl groups is 1. The molecule has 1 rings (SSSR count). The fourth-order valence-corrected chi connectivity index (χ4v) is 5.37. The molecule has 0 fully saturated rings. The third-order valence-corrected chi connectivity index (χ3v) is 8.11. The Labute approximate surface area is 263 Å². The van der Waals surface area contributed by atoms with Gasteiger partial charge in [0.05, 0.1) is 20.8 Å². The van der Waals surface area contributed by atoms with Gasteiger partial charge in [-0.05, 0) is 36.6 Å². The Balaban J connectivity index is 1.75. The SMILES string of the molecule is COC(=O)CCCCCCCCCCCCCCCCCCCCCCCCCOC(=O)/C=C/c1ccc(O)c(OC)c1. The predicted octanol–water partition coefficient (Wildman–Crippen LogP) is 10.5. The number of unbranched alkanes of at least 4 members (excludes halogenated alkanes) is 22. The monoisotopic (exact) mass is 602 g/mol. The van der Waals surface area contributed by atoms with Crippen LogP contribution < -0.4 is 4.74 Å². The van der Waals surface area contributed by atoms with E-state index in [2.05, 4.69) is 4.74 Å². The highest BCUT2D eigenvalue weighted by atomic mass is 16.5. The Kier molecular flexibility index (Phi) is 25.3. The molecule has 0 saturated heterocycles. The molecule has 0 amide bonds. The number of phenolic OH excluding ortho intramolecular Hbond substituents is 1. The molecule has 246 valence electrons. The highest BCUT2D eigenvalue weighted by Crippen LogP contribution is 2.26. The zero-order valence-corrected chi connectivity index (χ0v) is 27.6. The van der Waals surface area contributed by atoms with E-state index in [9.17, 15) is 14.7 Å². The van der Waals surface area contributed by atoms with Crippen molar-refractivity contribution in [2.75, 3.05) is 20.8 Å². The summed E-state index contributed by atoms with van der Waals surface area (Å²) in [6.07, 6.45) is 33.6. The zero-order chi connectivity index (χ0) is 31.2. The summed E-state index contributed by atoms with van der Waals surface area (Å²) in [5.41, 5.74) is 0.772. The standard InChI is InChI=1S/C37H62O6/c1-41-35-32-33(27-29-34(35)38)28-30-37(40)43-31-25-23-21-19-17-15-13-11-9-7-5-3-4-6-8-10-12-14-16-18-20-22-24-26-36(39)42-2/h27-30,32,38H,3-26,31H2,1-2H3/b30-28+. The van der Waals surface area contributed by atoms with Crippen molar-refractivity contribution in [3.8, 4) is 11.5 Å². The van der Waals surface area contributed by atoms with Crippen LogP contribution in [0.3, 0.4) is 0 Å². The summed E-state index contributed by atoms with van der Waals surface area (Å²) in [6, 6.07) is 4.94. The van der Waals surface area contributed by atoms with E-state index in [-0.39, 0.29) is 17.7 Å². The number of rotatable bonds is 29. The molecule has 0 saturated carbocycles. The third kappa shape index (κ3) is 23.6. The summed E-state index contributed by atoms with van der Waals surface area (Å²) in [5, 5.41) is 9.63. The molecule has 0 bridgehead atoms. The maximum absolute atomic E-state index is 11.9. The van der Waals surface area contributed by atoms with Crippen LogP contribution in [-0.2, 0) is 19.1 Å². The van der Waals surface area contributed by atoms with E-state index in [0.717, 1.165) is 31.2 Å². The molecule has 0 unspecified atom stereocenters. The Morgan fingerprint density at radius 3 is 1.47 bits per heavy atom. The molecule has 1 aromatic carbocycles. The number of benzene rings is 1. The zero-order valence-electron chi connectivity index (χ0n) is 27.6. The molecule has 0 radical (unpaired) electrons. The van der Waals surface area contributed by atoms with Gasteiger partial charge in [0.1, 0.15) is 0 Å². The molecule has 0 atom stereocenters. The van der Waals surface area contributed by atoms with Crippen LogP contribution in [0.25, 0.3) is 6.08 Å². The van der Waals surface area contributed by atoms with Gasteiger partial charge in [0.15, 0.2) is 11.5 Å². The van der Waals surface area contributed by atoms with Gasteiger partial charge < -0.3 is 19.3 Å².